The van der Waals surface area contributed by atoms with Crippen LogP contribution in [0.3, 0.4) is 0 Å². The van der Waals surface area contributed by atoms with E-state index in [9.17, 15) is 14.4 Å². The molecule has 2 amide bonds. The van der Waals surface area contributed by atoms with Crippen molar-refractivity contribution in [2.45, 2.75) is 19.6 Å². The van der Waals surface area contributed by atoms with Gasteiger partial charge in [-0.3, -0.25) is 14.4 Å². The van der Waals surface area contributed by atoms with Gasteiger partial charge in [0, 0.05) is 14.0 Å². The van der Waals surface area contributed by atoms with Crippen LogP contribution in [0.5, 0.6) is 5.75 Å². The van der Waals surface area contributed by atoms with E-state index in [0.717, 1.165) is 0 Å². The van der Waals surface area contributed by atoms with Crippen LogP contribution in [-0.2, 0) is 16.1 Å². The Morgan fingerprint density at radius 2 is 1.93 bits per heavy atom. The van der Waals surface area contributed by atoms with Crippen molar-refractivity contribution in [3.05, 3.63) is 64.7 Å². The van der Waals surface area contributed by atoms with Crippen LogP contribution in [0.1, 0.15) is 12.7 Å². The molecule has 1 aliphatic rings. The Morgan fingerprint density at radius 3 is 2.72 bits per heavy atom. The van der Waals surface area contributed by atoms with Crippen molar-refractivity contribution in [3.63, 3.8) is 0 Å². The number of anilines is 1. The molecule has 0 fully saturated rings. The molecule has 0 aliphatic carbocycles. The van der Waals surface area contributed by atoms with Crippen molar-refractivity contribution in [2.75, 3.05) is 18.5 Å². The molecule has 1 N–H and O–H groups in total. The highest BCUT2D eigenvalue weighted by Crippen LogP contribution is 2.33. The Hall–Kier alpha value is -3.68. The molecule has 0 radical (unpaired) electrons. The van der Waals surface area contributed by atoms with E-state index in [-0.39, 0.29) is 30.5 Å². The molecule has 0 spiro atoms. The second kappa shape index (κ2) is 7.38. The zero-order valence-electron chi connectivity index (χ0n) is 16.1. The molecule has 2 heterocycles. The fourth-order valence-corrected chi connectivity index (χ4v) is 3.42. The lowest BCUT2D eigenvalue weighted by molar-refractivity contribution is -0.138. The number of carbonyl (C=O) groups excluding carboxylic acids is 2. The molecular formula is C21H20N4O4. The standard InChI is InChI=1S/C21H20N4O4/c1-13(26)25-11-18(29-17-10-6-5-9-16(17)25)21(28)24(2)12-19-22-15-8-4-3-7-14(15)20(27)23-19/h3-10,18H,11-12H2,1-2H3,(H,22,23,27). The number of rotatable bonds is 3. The molecular weight excluding hydrogens is 372 g/mol. The Kier molecular flexibility index (Phi) is 4.75. The molecule has 8 heteroatoms. The Morgan fingerprint density at radius 1 is 1.21 bits per heavy atom. The van der Waals surface area contributed by atoms with E-state index in [2.05, 4.69) is 9.97 Å². The molecule has 2 aromatic carbocycles. The number of benzene rings is 2. The van der Waals surface area contributed by atoms with Crippen LogP contribution in [0, 0.1) is 0 Å². The SMILES string of the molecule is CC(=O)N1CC(C(=O)N(C)Cc2nc3ccccc3c(=O)[nH]2)Oc2ccccc21. The van der Waals surface area contributed by atoms with Crippen molar-refractivity contribution in [3.8, 4) is 5.75 Å². The summed E-state index contributed by atoms with van der Waals surface area (Å²) >= 11 is 0. The van der Waals surface area contributed by atoms with E-state index < -0.39 is 6.10 Å². The van der Waals surface area contributed by atoms with E-state index in [1.54, 1.807) is 49.5 Å². The second-order valence-electron chi connectivity index (χ2n) is 6.93. The summed E-state index contributed by atoms with van der Waals surface area (Å²) in [7, 11) is 1.61. The number of aromatic nitrogens is 2. The predicted molar refractivity (Wildman–Crippen MR) is 108 cm³/mol. The first kappa shape index (κ1) is 18.7. The van der Waals surface area contributed by atoms with Gasteiger partial charge in [-0.1, -0.05) is 24.3 Å². The number of nitrogens with zero attached hydrogens (tertiary/aromatic N) is 3. The average molecular weight is 392 g/mol. The summed E-state index contributed by atoms with van der Waals surface area (Å²) in [5, 5.41) is 0.495. The number of hydrogen-bond acceptors (Lipinski definition) is 5. The number of likely N-dealkylation sites (N-methyl/N-ethyl adjacent to an activating group) is 1. The third-order valence-corrected chi connectivity index (χ3v) is 4.85. The fourth-order valence-electron chi connectivity index (χ4n) is 3.42. The zero-order valence-corrected chi connectivity index (χ0v) is 16.1. The van der Waals surface area contributed by atoms with Gasteiger partial charge < -0.3 is 19.5 Å². The van der Waals surface area contributed by atoms with Gasteiger partial charge in [0.2, 0.25) is 5.91 Å². The van der Waals surface area contributed by atoms with Gasteiger partial charge in [-0.15, -0.1) is 0 Å². The number of nitrogens with one attached hydrogen (secondary N) is 1. The summed E-state index contributed by atoms with van der Waals surface area (Å²) < 4.78 is 5.85. The lowest BCUT2D eigenvalue weighted by Gasteiger charge is -2.35. The quantitative estimate of drug-likeness (QED) is 0.732. The van der Waals surface area contributed by atoms with Gasteiger partial charge in [0.1, 0.15) is 11.6 Å². The van der Waals surface area contributed by atoms with E-state index in [1.165, 1.54) is 16.7 Å². The summed E-state index contributed by atoms with van der Waals surface area (Å²) in [4.78, 5) is 47.4. The molecule has 4 rings (SSSR count). The summed E-state index contributed by atoms with van der Waals surface area (Å²) in [6, 6.07) is 14.1. The predicted octanol–water partition coefficient (Wildman–Crippen LogP) is 1.70. The molecule has 8 nitrogen and oxygen atoms in total. The van der Waals surface area contributed by atoms with Gasteiger partial charge in [0.05, 0.1) is 29.7 Å². The number of para-hydroxylation sites is 3. The average Bonchev–Trinajstić information content (AvgIpc) is 2.72. The molecule has 0 bridgehead atoms. The Labute approximate surface area is 166 Å². The highest BCUT2D eigenvalue weighted by molar-refractivity contribution is 5.95. The highest BCUT2D eigenvalue weighted by atomic mass is 16.5. The number of fused-ring (bicyclic) bond motifs is 2. The summed E-state index contributed by atoms with van der Waals surface area (Å²) in [5.74, 6) is 0.394. The largest absolute Gasteiger partial charge is 0.476 e. The van der Waals surface area contributed by atoms with Crippen LogP contribution in [0.2, 0.25) is 0 Å². The molecule has 29 heavy (non-hydrogen) atoms. The van der Waals surface area contributed by atoms with Gasteiger partial charge in [-0.25, -0.2) is 4.98 Å². The van der Waals surface area contributed by atoms with E-state index in [1.807, 2.05) is 6.07 Å². The van der Waals surface area contributed by atoms with Gasteiger partial charge in [0.25, 0.3) is 11.5 Å². The second-order valence-corrected chi connectivity index (χ2v) is 6.93. The van der Waals surface area contributed by atoms with Crippen LogP contribution in [-0.4, -0.2) is 46.4 Å². The Balaban J connectivity index is 1.55. The topological polar surface area (TPSA) is 95.6 Å². The first-order chi connectivity index (χ1) is 13.9. The smallest absolute Gasteiger partial charge is 0.265 e. The van der Waals surface area contributed by atoms with Crippen LogP contribution < -0.4 is 15.2 Å². The number of ether oxygens (including phenoxy) is 1. The van der Waals surface area contributed by atoms with Crippen molar-refractivity contribution >= 4 is 28.4 Å². The molecule has 148 valence electrons. The third kappa shape index (κ3) is 3.56. The van der Waals surface area contributed by atoms with Crippen LogP contribution in [0.15, 0.2) is 53.3 Å². The summed E-state index contributed by atoms with van der Waals surface area (Å²) in [6.07, 6.45) is -0.842. The van der Waals surface area contributed by atoms with Crippen molar-refractivity contribution in [2.24, 2.45) is 0 Å². The number of aromatic amines is 1. The maximum Gasteiger partial charge on any atom is 0.265 e. The number of carbonyl (C=O) groups is 2. The van der Waals surface area contributed by atoms with E-state index in [4.69, 9.17) is 4.74 Å². The molecule has 3 aromatic rings. The molecule has 1 atom stereocenters. The maximum atomic E-state index is 13.0. The van der Waals surface area contributed by atoms with Crippen molar-refractivity contribution < 1.29 is 14.3 Å². The van der Waals surface area contributed by atoms with Gasteiger partial charge in [0.15, 0.2) is 6.10 Å². The molecule has 1 aliphatic heterocycles. The molecule has 1 aromatic heterocycles. The normalized spacial score (nSPS) is 15.5. The molecule has 0 saturated carbocycles. The van der Waals surface area contributed by atoms with Gasteiger partial charge >= 0.3 is 0 Å². The van der Waals surface area contributed by atoms with E-state index in [0.29, 0.717) is 28.2 Å². The van der Waals surface area contributed by atoms with Crippen molar-refractivity contribution in [1.29, 1.82) is 0 Å². The third-order valence-electron chi connectivity index (χ3n) is 4.85. The summed E-state index contributed by atoms with van der Waals surface area (Å²) in [5.41, 5.74) is 0.960. The van der Waals surface area contributed by atoms with Crippen molar-refractivity contribution in [1.82, 2.24) is 14.9 Å². The fraction of sp³-hybridized carbons (Fsp3) is 0.238. The zero-order chi connectivity index (χ0) is 20.5. The lowest BCUT2D eigenvalue weighted by atomic mass is 10.1. The Bertz CT molecular complexity index is 1160. The molecule has 1 unspecified atom stereocenters. The summed E-state index contributed by atoms with van der Waals surface area (Å²) in [6.45, 7) is 1.69. The lowest BCUT2D eigenvalue weighted by Crippen LogP contribution is -2.50. The van der Waals surface area contributed by atoms with Gasteiger partial charge in [-0.2, -0.15) is 0 Å². The monoisotopic (exact) mass is 392 g/mol. The first-order valence-corrected chi connectivity index (χ1v) is 9.21. The highest BCUT2D eigenvalue weighted by Gasteiger charge is 2.34. The van der Waals surface area contributed by atoms with Gasteiger partial charge in [-0.05, 0) is 24.3 Å². The van der Waals surface area contributed by atoms with E-state index >= 15 is 0 Å². The first-order valence-electron chi connectivity index (χ1n) is 9.21. The van der Waals surface area contributed by atoms with Crippen LogP contribution in [0.25, 0.3) is 10.9 Å². The maximum absolute atomic E-state index is 13.0. The molecule has 0 saturated heterocycles. The number of hydrogen-bond donors (Lipinski definition) is 1. The minimum Gasteiger partial charge on any atom is -0.476 e. The minimum absolute atomic E-state index is 0.112. The minimum atomic E-state index is -0.842. The number of amides is 2. The van der Waals surface area contributed by atoms with Crippen LogP contribution >= 0.6 is 0 Å². The van der Waals surface area contributed by atoms with Crippen LogP contribution in [0.4, 0.5) is 5.69 Å². The number of H-pyrrole nitrogens is 1.